The molecule has 5 heteroatoms. The highest BCUT2D eigenvalue weighted by Gasteiger charge is 2.19. The van der Waals surface area contributed by atoms with Crippen LogP contribution in [0.15, 0.2) is 41.7 Å². The third kappa shape index (κ3) is 3.75. The van der Waals surface area contributed by atoms with Crippen LogP contribution in [0.5, 0.6) is 0 Å². The number of carbonyl (C=O) groups is 1. The summed E-state index contributed by atoms with van der Waals surface area (Å²) in [6.07, 6.45) is 6.53. The molecule has 0 bridgehead atoms. The first kappa shape index (κ1) is 15.8. The molecule has 1 aromatic heterocycles. The largest absolute Gasteiger partial charge is 0.443 e. The summed E-state index contributed by atoms with van der Waals surface area (Å²) in [6.45, 7) is 5.54. The van der Waals surface area contributed by atoms with E-state index < -0.39 is 11.7 Å². The first-order valence-corrected chi connectivity index (χ1v) is 6.99. The van der Waals surface area contributed by atoms with E-state index in [2.05, 4.69) is 9.99 Å². The van der Waals surface area contributed by atoms with Crippen LogP contribution >= 0.6 is 0 Å². The molecule has 0 aliphatic heterocycles. The van der Waals surface area contributed by atoms with Gasteiger partial charge in [0.1, 0.15) is 12.7 Å². The predicted octanol–water partition coefficient (Wildman–Crippen LogP) is 4.07. The summed E-state index contributed by atoms with van der Waals surface area (Å²) >= 11 is 0. The van der Waals surface area contributed by atoms with Gasteiger partial charge in [0.2, 0.25) is 0 Å². The Kier molecular flexibility index (Phi) is 4.65. The van der Waals surface area contributed by atoms with Gasteiger partial charge in [-0.1, -0.05) is 29.4 Å². The molecule has 0 fully saturated rings. The monoisotopic (exact) mass is 300 g/mol. The standard InChI is InChI=1S/C17H20N2O3/c1-17(2,3)22-16(20)19-12-13(8-7-11-18-21-4)14-9-5-6-10-15(14)19/h5-12H,1-4H3/b8-7+,18-11+. The predicted molar refractivity (Wildman–Crippen MR) is 88.1 cm³/mol. The van der Waals surface area contributed by atoms with Crippen LogP contribution < -0.4 is 0 Å². The van der Waals surface area contributed by atoms with Crippen molar-refractivity contribution in [2.24, 2.45) is 5.16 Å². The molecule has 0 saturated carbocycles. The number of rotatable bonds is 3. The van der Waals surface area contributed by atoms with Gasteiger partial charge in [-0.05, 0) is 32.9 Å². The molecule has 2 aromatic rings. The lowest BCUT2D eigenvalue weighted by Crippen LogP contribution is -2.26. The van der Waals surface area contributed by atoms with Crippen molar-refractivity contribution in [1.29, 1.82) is 0 Å². The number of hydrogen-bond donors (Lipinski definition) is 0. The van der Waals surface area contributed by atoms with Gasteiger partial charge in [-0.2, -0.15) is 0 Å². The van der Waals surface area contributed by atoms with Crippen LogP contribution in [0.25, 0.3) is 17.0 Å². The van der Waals surface area contributed by atoms with Gasteiger partial charge in [0.05, 0.1) is 11.7 Å². The molecule has 0 radical (unpaired) electrons. The van der Waals surface area contributed by atoms with Gasteiger partial charge >= 0.3 is 6.09 Å². The van der Waals surface area contributed by atoms with Crippen LogP contribution in [0, 0.1) is 0 Å². The van der Waals surface area contributed by atoms with Gasteiger partial charge in [-0.25, -0.2) is 4.79 Å². The lowest BCUT2D eigenvalue weighted by Gasteiger charge is -2.19. The number of oxime groups is 1. The number of para-hydroxylation sites is 1. The zero-order valence-electron chi connectivity index (χ0n) is 13.2. The maximum Gasteiger partial charge on any atom is 0.419 e. The number of carbonyl (C=O) groups excluding carboxylic acids is 1. The van der Waals surface area contributed by atoms with Crippen molar-refractivity contribution >= 4 is 29.3 Å². The summed E-state index contributed by atoms with van der Waals surface area (Å²) in [4.78, 5) is 16.9. The molecule has 0 unspecified atom stereocenters. The van der Waals surface area contributed by atoms with E-state index in [1.54, 1.807) is 18.5 Å². The number of nitrogens with zero attached hydrogens (tertiary/aromatic N) is 2. The fraction of sp³-hybridized carbons (Fsp3) is 0.294. The lowest BCUT2D eigenvalue weighted by molar-refractivity contribution is 0.0544. The average Bonchev–Trinajstić information content (AvgIpc) is 2.81. The zero-order chi connectivity index (χ0) is 16.2. The molecule has 0 aliphatic rings. The van der Waals surface area contributed by atoms with E-state index in [0.717, 1.165) is 16.5 Å². The molecule has 22 heavy (non-hydrogen) atoms. The number of hydrogen-bond acceptors (Lipinski definition) is 4. The van der Waals surface area contributed by atoms with Crippen molar-refractivity contribution in [1.82, 2.24) is 4.57 Å². The maximum absolute atomic E-state index is 12.3. The van der Waals surface area contributed by atoms with Crippen molar-refractivity contribution in [3.63, 3.8) is 0 Å². The molecule has 2 rings (SSSR count). The first-order valence-electron chi connectivity index (χ1n) is 6.99. The number of allylic oxidation sites excluding steroid dienone is 1. The molecular weight excluding hydrogens is 280 g/mol. The smallest absolute Gasteiger partial charge is 0.419 e. The van der Waals surface area contributed by atoms with Crippen LogP contribution in [0.2, 0.25) is 0 Å². The molecule has 1 aromatic carbocycles. The summed E-state index contributed by atoms with van der Waals surface area (Å²) in [5.74, 6) is 0. The van der Waals surface area contributed by atoms with E-state index >= 15 is 0 Å². The normalized spacial score (nSPS) is 12.4. The molecule has 0 saturated heterocycles. The van der Waals surface area contributed by atoms with E-state index in [9.17, 15) is 4.79 Å². The van der Waals surface area contributed by atoms with Crippen molar-refractivity contribution in [2.45, 2.75) is 26.4 Å². The van der Waals surface area contributed by atoms with Crippen molar-refractivity contribution in [2.75, 3.05) is 7.11 Å². The van der Waals surface area contributed by atoms with Crippen LogP contribution in [0.1, 0.15) is 26.3 Å². The van der Waals surface area contributed by atoms with Gasteiger partial charge in [0.25, 0.3) is 0 Å². The van der Waals surface area contributed by atoms with Crippen LogP contribution in [-0.2, 0) is 9.57 Å². The topological polar surface area (TPSA) is 52.8 Å². The minimum absolute atomic E-state index is 0.395. The molecule has 0 atom stereocenters. The molecular formula is C17H20N2O3. The second-order valence-electron chi connectivity index (χ2n) is 5.75. The Hall–Kier alpha value is -2.56. The molecule has 1 heterocycles. The number of benzene rings is 1. The summed E-state index contributed by atoms with van der Waals surface area (Å²) in [5, 5.41) is 4.62. The molecule has 0 spiro atoms. The van der Waals surface area contributed by atoms with E-state index in [-0.39, 0.29) is 0 Å². The molecule has 116 valence electrons. The van der Waals surface area contributed by atoms with Crippen molar-refractivity contribution in [3.8, 4) is 0 Å². The average molecular weight is 300 g/mol. The Morgan fingerprint density at radius 2 is 2.00 bits per heavy atom. The summed E-state index contributed by atoms with van der Waals surface area (Å²) < 4.78 is 6.96. The Balaban J connectivity index is 2.41. The summed E-state index contributed by atoms with van der Waals surface area (Å²) in [6, 6.07) is 7.68. The highest BCUT2D eigenvalue weighted by atomic mass is 16.6. The quantitative estimate of drug-likeness (QED) is 0.634. The van der Waals surface area contributed by atoms with Gasteiger partial charge in [-0.15, -0.1) is 0 Å². The van der Waals surface area contributed by atoms with E-state index in [0.29, 0.717) is 0 Å². The van der Waals surface area contributed by atoms with E-state index in [4.69, 9.17) is 4.74 Å². The minimum atomic E-state index is -0.538. The van der Waals surface area contributed by atoms with E-state index in [1.165, 1.54) is 11.7 Å². The molecule has 5 nitrogen and oxygen atoms in total. The highest BCUT2D eigenvalue weighted by molar-refractivity contribution is 5.96. The number of fused-ring (bicyclic) bond motifs is 1. The molecule has 0 amide bonds. The summed E-state index contributed by atoms with van der Waals surface area (Å²) in [7, 11) is 1.48. The Labute approximate surface area is 129 Å². The Bertz CT molecular complexity index is 721. The van der Waals surface area contributed by atoms with Crippen LogP contribution in [-0.4, -0.2) is 29.6 Å². The molecule has 0 N–H and O–H groups in total. The fourth-order valence-corrected chi connectivity index (χ4v) is 2.04. The number of aromatic nitrogens is 1. The Morgan fingerprint density at radius 3 is 2.68 bits per heavy atom. The van der Waals surface area contributed by atoms with Gasteiger partial charge in [0.15, 0.2) is 0 Å². The lowest BCUT2D eigenvalue weighted by atomic mass is 10.1. The highest BCUT2D eigenvalue weighted by Crippen LogP contribution is 2.23. The first-order chi connectivity index (χ1) is 10.4. The van der Waals surface area contributed by atoms with Gasteiger partial charge < -0.3 is 9.57 Å². The zero-order valence-corrected chi connectivity index (χ0v) is 13.2. The molecule has 0 aliphatic carbocycles. The van der Waals surface area contributed by atoms with Crippen LogP contribution in [0.3, 0.4) is 0 Å². The summed E-state index contributed by atoms with van der Waals surface area (Å²) in [5.41, 5.74) is 1.17. The van der Waals surface area contributed by atoms with Gasteiger partial charge in [0, 0.05) is 17.1 Å². The Morgan fingerprint density at radius 1 is 1.27 bits per heavy atom. The fourth-order valence-electron chi connectivity index (χ4n) is 2.04. The van der Waals surface area contributed by atoms with Crippen LogP contribution in [0.4, 0.5) is 4.79 Å². The second kappa shape index (κ2) is 6.47. The minimum Gasteiger partial charge on any atom is -0.443 e. The van der Waals surface area contributed by atoms with Crippen molar-refractivity contribution in [3.05, 3.63) is 42.1 Å². The third-order valence-electron chi connectivity index (χ3n) is 2.86. The van der Waals surface area contributed by atoms with E-state index in [1.807, 2.05) is 51.1 Å². The number of ether oxygens (including phenoxy) is 1. The maximum atomic E-state index is 12.3. The van der Waals surface area contributed by atoms with Crippen molar-refractivity contribution < 1.29 is 14.4 Å². The third-order valence-corrected chi connectivity index (χ3v) is 2.86. The van der Waals surface area contributed by atoms with Gasteiger partial charge in [-0.3, -0.25) is 4.57 Å². The SMILES string of the molecule is CO/N=C/C=C/c1cn(C(=O)OC(C)(C)C)c2ccccc12. The second-order valence-corrected chi connectivity index (χ2v) is 5.75.